The fourth-order valence-electron chi connectivity index (χ4n) is 1.46. The van der Waals surface area contributed by atoms with Crippen LogP contribution in [0.15, 0.2) is 0 Å². The largest absolute Gasteiger partial charge is 0.395 e. The Morgan fingerprint density at radius 1 is 1.73 bits per heavy atom. The lowest BCUT2D eigenvalue weighted by atomic mass is 10.00. The summed E-state index contributed by atoms with van der Waals surface area (Å²) in [4.78, 5) is 0. The van der Waals surface area contributed by atoms with Crippen LogP contribution in [0.1, 0.15) is 12.8 Å². The molecule has 0 saturated carbocycles. The third-order valence-electron chi connectivity index (χ3n) is 2.27. The number of rotatable bonds is 4. The van der Waals surface area contributed by atoms with Crippen molar-refractivity contribution in [1.29, 1.82) is 0 Å². The van der Waals surface area contributed by atoms with Crippen LogP contribution in [-0.2, 0) is 4.74 Å². The van der Waals surface area contributed by atoms with Crippen molar-refractivity contribution in [3.63, 3.8) is 0 Å². The Bertz CT molecular complexity index is 98.3. The molecule has 0 amide bonds. The zero-order valence-corrected chi connectivity index (χ0v) is 7.05. The molecule has 0 aliphatic carbocycles. The van der Waals surface area contributed by atoms with Crippen LogP contribution in [-0.4, -0.2) is 38.0 Å². The number of likely N-dealkylation sites (N-methyl/N-ethyl adjacent to an activating group) is 1. The van der Waals surface area contributed by atoms with Gasteiger partial charge in [0.15, 0.2) is 0 Å². The molecule has 0 aromatic rings. The van der Waals surface area contributed by atoms with Gasteiger partial charge >= 0.3 is 0 Å². The number of hydrogen-bond donors (Lipinski definition) is 2. The van der Waals surface area contributed by atoms with Crippen molar-refractivity contribution in [2.24, 2.45) is 5.92 Å². The van der Waals surface area contributed by atoms with E-state index in [0.29, 0.717) is 5.92 Å². The third kappa shape index (κ3) is 2.77. The molecule has 2 atom stereocenters. The van der Waals surface area contributed by atoms with E-state index in [9.17, 15) is 0 Å². The molecule has 2 N–H and O–H groups in total. The van der Waals surface area contributed by atoms with Crippen LogP contribution in [0.3, 0.4) is 0 Å². The number of aliphatic hydroxyl groups excluding tert-OH is 1. The molecule has 1 fully saturated rings. The summed E-state index contributed by atoms with van der Waals surface area (Å²) in [6, 6.07) is 0.252. The van der Waals surface area contributed by atoms with E-state index in [1.807, 2.05) is 7.05 Å². The van der Waals surface area contributed by atoms with Crippen LogP contribution in [0.2, 0.25) is 0 Å². The molecule has 1 aliphatic heterocycles. The van der Waals surface area contributed by atoms with E-state index in [1.54, 1.807) is 0 Å². The minimum Gasteiger partial charge on any atom is -0.395 e. The summed E-state index contributed by atoms with van der Waals surface area (Å²) in [6.45, 7) is 2.00. The molecule has 0 spiro atoms. The minimum absolute atomic E-state index is 0.229. The minimum atomic E-state index is 0.229. The Kier molecular flexibility index (Phi) is 3.83. The average Bonchev–Trinajstić information content (AvgIpc) is 2.52. The molecule has 11 heavy (non-hydrogen) atoms. The lowest BCUT2D eigenvalue weighted by molar-refractivity contribution is 0.174. The normalized spacial score (nSPS) is 27.3. The third-order valence-corrected chi connectivity index (χ3v) is 2.27. The van der Waals surface area contributed by atoms with Crippen molar-refractivity contribution in [1.82, 2.24) is 5.32 Å². The smallest absolute Gasteiger partial charge is 0.0584 e. The zero-order valence-electron chi connectivity index (χ0n) is 7.05. The van der Waals surface area contributed by atoms with Gasteiger partial charge in [0, 0.05) is 19.3 Å². The van der Waals surface area contributed by atoms with E-state index in [-0.39, 0.29) is 12.6 Å². The van der Waals surface area contributed by atoms with Gasteiger partial charge in [-0.3, -0.25) is 0 Å². The van der Waals surface area contributed by atoms with Crippen LogP contribution in [0, 0.1) is 5.92 Å². The molecule has 0 aromatic heterocycles. The zero-order chi connectivity index (χ0) is 8.10. The summed E-state index contributed by atoms with van der Waals surface area (Å²) in [7, 11) is 1.89. The molecule has 66 valence electrons. The first-order valence-electron chi connectivity index (χ1n) is 4.22. The Morgan fingerprint density at radius 3 is 3.00 bits per heavy atom. The van der Waals surface area contributed by atoms with Crippen molar-refractivity contribution >= 4 is 0 Å². The molecule has 3 heteroatoms. The number of hydrogen-bond acceptors (Lipinski definition) is 3. The van der Waals surface area contributed by atoms with E-state index >= 15 is 0 Å². The molecule has 0 aromatic carbocycles. The van der Waals surface area contributed by atoms with E-state index in [1.165, 1.54) is 0 Å². The topological polar surface area (TPSA) is 41.5 Å². The van der Waals surface area contributed by atoms with Crippen LogP contribution in [0.5, 0.6) is 0 Å². The van der Waals surface area contributed by atoms with Gasteiger partial charge in [-0.15, -0.1) is 0 Å². The van der Waals surface area contributed by atoms with Gasteiger partial charge < -0.3 is 15.2 Å². The molecule has 0 bridgehead atoms. The standard InChI is InChI=1S/C8H17NO2/c1-9-8(5-10)4-7-2-3-11-6-7/h7-10H,2-6H2,1H3. The van der Waals surface area contributed by atoms with E-state index in [0.717, 1.165) is 26.1 Å². The lowest BCUT2D eigenvalue weighted by Gasteiger charge is -2.16. The highest BCUT2D eigenvalue weighted by molar-refractivity contribution is 4.72. The van der Waals surface area contributed by atoms with E-state index in [2.05, 4.69) is 5.32 Å². The summed E-state index contributed by atoms with van der Waals surface area (Å²) in [6.07, 6.45) is 2.19. The summed E-state index contributed by atoms with van der Waals surface area (Å²) in [5.41, 5.74) is 0. The second-order valence-electron chi connectivity index (χ2n) is 3.13. The molecule has 1 saturated heterocycles. The maximum atomic E-state index is 8.88. The molecule has 1 aliphatic rings. The number of nitrogens with one attached hydrogen (secondary N) is 1. The van der Waals surface area contributed by atoms with Gasteiger partial charge in [-0.2, -0.15) is 0 Å². The first-order valence-corrected chi connectivity index (χ1v) is 4.22. The summed E-state index contributed by atoms with van der Waals surface area (Å²) in [5, 5.41) is 12.0. The van der Waals surface area contributed by atoms with Crippen LogP contribution in [0.4, 0.5) is 0 Å². The molecule has 3 nitrogen and oxygen atoms in total. The SMILES string of the molecule is CNC(CO)CC1CCOC1. The van der Waals surface area contributed by atoms with Gasteiger partial charge in [-0.1, -0.05) is 0 Å². The molecular formula is C8H17NO2. The fraction of sp³-hybridized carbons (Fsp3) is 1.00. The van der Waals surface area contributed by atoms with Crippen molar-refractivity contribution in [2.75, 3.05) is 26.9 Å². The first kappa shape index (κ1) is 8.97. The van der Waals surface area contributed by atoms with Crippen LogP contribution >= 0.6 is 0 Å². The summed E-state index contributed by atoms with van der Waals surface area (Å²) >= 11 is 0. The predicted octanol–water partition coefficient (Wildman–Crippen LogP) is -0.00670. The number of ether oxygens (including phenoxy) is 1. The second kappa shape index (κ2) is 4.70. The molecule has 0 radical (unpaired) electrons. The van der Waals surface area contributed by atoms with Crippen molar-refractivity contribution in [2.45, 2.75) is 18.9 Å². The quantitative estimate of drug-likeness (QED) is 0.606. The van der Waals surface area contributed by atoms with Gasteiger partial charge in [0.25, 0.3) is 0 Å². The lowest BCUT2D eigenvalue weighted by Crippen LogP contribution is -2.31. The van der Waals surface area contributed by atoms with Gasteiger partial charge in [0.05, 0.1) is 6.61 Å². The maximum absolute atomic E-state index is 8.88. The Hall–Kier alpha value is -0.120. The van der Waals surface area contributed by atoms with Crippen LogP contribution in [0.25, 0.3) is 0 Å². The maximum Gasteiger partial charge on any atom is 0.0584 e. The van der Waals surface area contributed by atoms with Gasteiger partial charge in [0.1, 0.15) is 0 Å². The van der Waals surface area contributed by atoms with E-state index in [4.69, 9.17) is 9.84 Å². The number of aliphatic hydroxyl groups is 1. The Morgan fingerprint density at radius 2 is 2.55 bits per heavy atom. The van der Waals surface area contributed by atoms with E-state index < -0.39 is 0 Å². The van der Waals surface area contributed by atoms with Crippen LogP contribution < -0.4 is 5.32 Å². The highest BCUT2D eigenvalue weighted by Crippen LogP contribution is 2.17. The van der Waals surface area contributed by atoms with Gasteiger partial charge in [-0.05, 0) is 25.8 Å². The van der Waals surface area contributed by atoms with Gasteiger partial charge in [-0.25, -0.2) is 0 Å². The van der Waals surface area contributed by atoms with Crippen molar-refractivity contribution < 1.29 is 9.84 Å². The predicted molar refractivity (Wildman–Crippen MR) is 43.5 cm³/mol. The highest BCUT2D eigenvalue weighted by atomic mass is 16.5. The monoisotopic (exact) mass is 159 g/mol. The average molecular weight is 159 g/mol. The molecule has 1 heterocycles. The summed E-state index contributed by atoms with van der Waals surface area (Å²) in [5.74, 6) is 0.652. The fourth-order valence-corrected chi connectivity index (χ4v) is 1.46. The molecular weight excluding hydrogens is 142 g/mol. The van der Waals surface area contributed by atoms with Gasteiger partial charge in [0.2, 0.25) is 0 Å². The Balaban J connectivity index is 2.16. The first-order chi connectivity index (χ1) is 5.36. The Labute approximate surface area is 67.7 Å². The molecule has 2 unspecified atom stereocenters. The van der Waals surface area contributed by atoms with Crippen molar-refractivity contribution in [3.8, 4) is 0 Å². The second-order valence-corrected chi connectivity index (χ2v) is 3.13. The van der Waals surface area contributed by atoms with Crippen molar-refractivity contribution in [3.05, 3.63) is 0 Å². The molecule has 1 rings (SSSR count). The highest BCUT2D eigenvalue weighted by Gasteiger charge is 2.18. The summed E-state index contributed by atoms with van der Waals surface area (Å²) < 4.78 is 5.24.